The predicted molar refractivity (Wildman–Crippen MR) is 156 cm³/mol. The second kappa shape index (κ2) is 9.92. The Bertz CT molecular complexity index is 1860. The van der Waals surface area contributed by atoms with Crippen LogP contribution in [0.2, 0.25) is 0 Å². The molecule has 6 aromatic rings. The fourth-order valence-corrected chi connectivity index (χ4v) is 5.63. The van der Waals surface area contributed by atoms with Crippen LogP contribution in [0.25, 0.3) is 54.9 Å². The van der Waals surface area contributed by atoms with E-state index in [0.717, 1.165) is 54.1 Å². The van der Waals surface area contributed by atoms with Gasteiger partial charge in [0.2, 0.25) is 5.91 Å². The molecule has 1 aromatic carbocycles. The SMILES string of the molecule is CC(=O)c1ccc(-c2cccc3[nH]c(-c4[nH]nc5ncc(-c6cncc(NC(=O)CC(C)C)c6)cc45)cc23)s1. The standard InChI is InChI=1S/C30H26N6O2S/c1-16(2)9-28(38)33-20-10-18(13-31-15-20)19-11-23-29(35-36-30(23)32-14-19)25-12-22-21(5-4-6-24(22)34-25)27-8-7-26(39-27)17(3)37/h4-8,10-16,34H,9H2,1-3H3,(H,33,38)(H,32,35,36). The van der Waals surface area contributed by atoms with Gasteiger partial charge in [0, 0.05) is 56.7 Å². The van der Waals surface area contributed by atoms with E-state index in [9.17, 15) is 9.59 Å². The Kier molecular flexibility index (Phi) is 6.28. The molecule has 0 aliphatic carbocycles. The number of amides is 1. The molecule has 0 atom stereocenters. The number of rotatable bonds is 7. The molecule has 8 nitrogen and oxygen atoms in total. The predicted octanol–water partition coefficient (Wildman–Crippen LogP) is 7.08. The summed E-state index contributed by atoms with van der Waals surface area (Å²) in [5.74, 6) is 0.309. The van der Waals surface area contributed by atoms with Crippen molar-refractivity contribution in [3.05, 3.63) is 72.0 Å². The van der Waals surface area contributed by atoms with E-state index in [4.69, 9.17) is 0 Å². The van der Waals surface area contributed by atoms with Crippen LogP contribution in [-0.2, 0) is 4.79 Å². The zero-order valence-corrected chi connectivity index (χ0v) is 22.5. The van der Waals surface area contributed by atoms with Crippen LogP contribution in [0.1, 0.15) is 36.9 Å². The van der Waals surface area contributed by atoms with Crippen LogP contribution >= 0.6 is 11.3 Å². The van der Waals surface area contributed by atoms with Crippen LogP contribution in [0.3, 0.4) is 0 Å². The number of carbonyl (C=O) groups excluding carboxylic acids is 2. The third-order valence-corrected chi connectivity index (χ3v) is 7.73. The van der Waals surface area contributed by atoms with Gasteiger partial charge >= 0.3 is 0 Å². The van der Waals surface area contributed by atoms with Gasteiger partial charge in [-0.25, -0.2) is 4.98 Å². The Hall–Kier alpha value is -4.63. The molecule has 0 fully saturated rings. The van der Waals surface area contributed by atoms with Crippen LogP contribution < -0.4 is 5.32 Å². The van der Waals surface area contributed by atoms with Gasteiger partial charge in [-0.3, -0.25) is 19.7 Å². The molecule has 0 saturated carbocycles. The minimum Gasteiger partial charge on any atom is -0.353 e. The summed E-state index contributed by atoms with van der Waals surface area (Å²) in [6.45, 7) is 5.61. The summed E-state index contributed by atoms with van der Waals surface area (Å²) in [5.41, 5.74) is 6.73. The topological polar surface area (TPSA) is 116 Å². The number of H-pyrrole nitrogens is 2. The van der Waals surface area contributed by atoms with E-state index in [1.807, 2.05) is 50.2 Å². The third kappa shape index (κ3) is 4.84. The number of pyridine rings is 2. The van der Waals surface area contributed by atoms with Gasteiger partial charge in [0.05, 0.1) is 28.1 Å². The van der Waals surface area contributed by atoms with Crippen LogP contribution in [-0.4, -0.2) is 36.8 Å². The summed E-state index contributed by atoms with van der Waals surface area (Å²) < 4.78 is 0. The van der Waals surface area contributed by atoms with Crippen LogP contribution in [0, 0.1) is 5.92 Å². The number of Topliss-reactive ketones (excluding diaryl/α,β-unsaturated/α-hetero) is 1. The molecule has 3 N–H and O–H groups in total. The van der Waals surface area contributed by atoms with Crippen molar-refractivity contribution in [1.29, 1.82) is 0 Å². The van der Waals surface area contributed by atoms with E-state index >= 15 is 0 Å². The number of aromatic amines is 2. The number of thiophene rings is 1. The Balaban J connectivity index is 1.37. The molecule has 0 radical (unpaired) electrons. The number of hydrogen-bond acceptors (Lipinski definition) is 6. The van der Waals surface area contributed by atoms with Crippen molar-refractivity contribution in [1.82, 2.24) is 25.1 Å². The van der Waals surface area contributed by atoms with Crippen molar-refractivity contribution >= 4 is 50.7 Å². The van der Waals surface area contributed by atoms with Crippen molar-refractivity contribution in [2.45, 2.75) is 27.2 Å². The van der Waals surface area contributed by atoms with Crippen LogP contribution in [0.15, 0.2) is 67.1 Å². The van der Waals surface area contributed by atoms with E-state index < -0.39 is 0 Å². The highest BCUT2D eigenvalue weighted by atomic mass is 32.1. The van der Waals surface area contributed by atoms with Crippen LogP contribution in [0.5, 0.6) is 0 Å². The summed E-state index contributed by atoms with van der Waals surface area (Å²) in [6, 6.07) is 16.0. The Morgan fingerprint density at radius 3 is 2.64 bits per heavy atom. The number of nitrogens with zero attached hydrogens (tertiary/aromatic N) is 3. The van der Waals surface area contributed by atoms with Crippen molar-refractivity contribution in [2.75, 3.05) is 5.32 Å². The van der Waals surface area contributed by atoms with Gasteiger partial charge in [0.25, 0.3) is 0 Å². The average molecular weight is 535 g/mol. The average Bonchev–Trinajstić information content (AvgIpc) is 3.65. The fourth-order valence-electron chi connectivity index (χ4n) is 4.69. The highest BCUT2D eigenvalue weighted by molar-refractivity contribution is 7.17. The molecule has 9 heteroatoms. The molecule has 0 aliphatic rings. The highest BCUT2D eigenvalue weighted by Gasteiger charge is 2.16. The Morgan fingerprint density at radius 1 is 1.00 bits per heavy atom. The maximum absolute atomic E-state index is 12.3. The summed E-state index contributed by atoms with van der Waals surface area (Å²) in [5, 5.41) is 12.4. The largest absolute Gasteiger partial charge is 0.353 e. The third-order valence-electron chi connectivity index (χ3n) is 6.51. The lowest BCUT2D eigenvalue weighted by molar-refractivity contribution is -0.116. The van der Waals surface area contributed by atoms with E-state index in [1.165, 1.54) is 11.3 Å². The van der Waals surface area contributed by atoms with Gasteiger partial charge in [-0.15, -0.1) is 11.3 Å². The normalized spacial score (nSPS) is 11.5. The summed E-state index contributed by atoms with van der Waals surface area (Å²) in [4.78, 5) is 38.3. The van der Waals surface area contributed by atoms with E-state index in [-0.39, 0.29) is 17.6 Å². The molecule has 0 unspecified atom stereocenters. The first-order valence-electron chi connectivity index (χ1n) is 12.7. The van der Waals surface area contributed by atoms with Gasteiger partial charge in [0.1, 0.15) is 0 Å². The zero-order chi connectivity index (χ0) is 27.1. The first kappa shape index (κ1) is 24.7. The zero-order valence-electron chi connectivity index (χ0n) is 21.7. The van der Waals surface area contributed by atoms with Gasteiger partial charge in [-0.2, -0.15) is 5.10 Å². The second-order valence-corrected chi connectivity index (χ2v) is 11.1. The molecule has 1 amide bonds. The van der Waals surface area contributed by atoms with Crippen molar-refractivity contribution in [2.24, 2.45) is 5.92 Å². The molecule has 0 bridgehead atoms. The second-order valence-electron chi connectivity index (χ2n) is 9.97. The summed E-state index contributed by atoms with van der Waals surface area (Å²) in [6.07, 6.45) is 5.61. The number of carbonyl (C=O) groups is 2. The lowest BCUT2D eigenvalue weighted by atomic mass is 10.1. The number of benzene rings is 1. The molecular weight excluding hydrogens is 508 g/mol. The fraction of sp³-hybridized carbons (Fsp3) is 0.167. The molecule has 5 aromatic heterocycles. The summed E-state index contributed by atoms with van der Waals surface area (Å²) in [7, 11) is 0. The maximum Gasteiger partial charge on any atom is 0.224 e. The molecule has 0 saturated heterocycles. The van der Waals surface area contributed by atoms with E-state index in [1.54, 1.807) is 25.5 Å². The molecule has 5 heterocycles. The first-order chi connectivity index (χ1) is 18.9. The number of hydrogen-bond donors (Lipinski definition) is 3. The summed E-state index contributed by atoms with van der Waals surface area (Å²) >= 11 is 1.50. The molecule has 0 spiro atoms. The minimum absolute atomic E-state index is 0.0344. The molecule has 0 aliphatic heterocycles. The maximum atomic E-state index is 12.3. The van der Waals surface area contributed by atoms with Gasteiger partial charge in [-0.05, 0) is 49.2 Å². The van der Waals surface area contributed by atoms with E-state index in [2.05, 4.69) is 42.6 Å². The smallest absolute Gasteiger partial charge is 0.224 e. The number of ketones is 1. The molecule has 6 rings (SSSR count). The van der Waals surface area contributed by atoms with Crippen LogP contribution in [0.4, 0.5) is 5.69 Å². The lowest BCUT2D eigenvalue weighted by Gasteiger charge is -2.08. The Labute approximate surface area is 228 Å². The van der Waals surface area contributed by atoms with Gasteiger partial charge in [0.15, 0.2) is 11.4 Å². The number of aromatic nitrogens is 5. The van der Waals surface area contributed by atoms with Crippen molar-refractivity contribution in [3.8, 4) is 33.0 Å². The number of fused-ring (bicyclic) bond motifs is 2. The molecular formula is C30H26N6O2S. The molecule has 39 heavy (non-hydrogen) atoms. The van der Waals surface area contributed by atoms with Crippen molar-refractivity contribution in [3.63, 3.8) is 0 Å². The number of anilines is 1. The monoisotopic (exact) mass is 534 g/mol. The van der Waals surface area contributed by atoms with E-state index in [0.29, 0.717) is 17.8 Å². The van der Waals surface area contributed by atoms with Gasteiger partial charge < -0.3 is 10.3 Å². The Morgan fingerprint density at radius 2 is 1.85 bits per heavy atom. The number of nitrogens with one attached hydrogen (secondary N) is 3. The highest BCUT2D eigenvalue weighted by Crippen LogP contribution is 2.37. The first-order valence-corrected chi connectivity index (χ1v) is 13.5. The van der Waals surface area contributed by atoms with Crippen molar-refractivity contribution < 1.29 is 9.59 Å². The quantitative estimate of drug-likeness (QED) is 0.189. The lowest BCUT2D eigenvalue weighted by Crippen LogP contribution is -2.13. The minimum atomic E-state index is -0.0344. The molecule has 194 valence electrons. The van der Waals surface area contributed by atoms with Gasteiger partial charge in [-0.1, -0.05) is 26.0 Å².